The van der Waals surface area contributed by atoms with Crippen molar-refractivity contribution in [3.63, 3.8) is 0 Å². The van der Waals surface area contributed by atoms with Crippen LogP contribution in [0.4, 0.5) is 0 Å². The molecule has 2 N–H and O–H groups in total. The van der Waals surface area contributed by atoms with Crippen LogP contribution in [0, 0.1) is 0 Å². The van der Waals surface area contributed by atoms with E-state index in [-0.39, 0.29) is 12.5 Å². The standard InChI is InChI=1S/C73H143N2O6P/c1-6-8-10-12-14-16-18-20-22-24-26-27-28-29-30-31-32-33-34-35-36-37-38-39-40-41-42-43-44-45-46-47-49-51-53-55-57-59-61-63-65-67-73(77)74-71(70-81-82(78,79)80-69-68-75(3,4)5)72(76)66-64-62-60-58-56-54-52-50-48-25-23-21-19-17-15-13-11-9-7-2/h48,50,56,58,64,66,71-72,76H,6-47,49,51-55,57,59-63,65,67-70H2,1-5H3,(H-,74,77,78,79)/b50-48+,58-56+,66-64+. The summed E-state index contributed by atoms with van der Waals surface area (Å²) in [6, 6.07) is -0.909. The Bertz CT molecular complexity index is 1430. The van der Waals surface area contributed by atoms with Crippen LogP contribution in [0.3, 0.4) is 0 Å². The first kappa shape index (κ1) is 80.7. The maximum absolute atomic E-state index is 13.0. The van der Waals surface area contributed by atoms with E-state index >= 15 is 0 Å². The topological polar surface area (TPSA) is 108 Å². The number of unbranched alkanes of at least 4 members (excludes halogenated alkanes) is 51. The average Bonchev–Trinajstić information content (AvgIpc) is 3.47. The number of aliphatic hydroxyl groups excluding tert-OH is 1. The minimum absolute atomic E-state index is 0.00721. The average molecular weight is 1180 g/mol. The molecule has 0 aromatic heterocycles. The molecular formula is C73H143N2O6P. The summed E-state index contributed by atoms with van der Waals surface area (Å²) in [6.07, 6.45) is 85.9. The highest BCUT2D eigenvalue weighted by atomic mass is 31.2. The molecule has 0 saturated heterocycles. The molecule has 0 spiro atoms. The van der Waals surface area contributed by atoms with Gasteiger partial charge < -0.3 is 28.8 Å². The van der Waals surface area contributed by atoms with Crippen molar-refractivity contribution in [3.05, 3.63) is 36.5 Å². The zero-order valence-corrected chi connectivity index (χ0v) is 56.6. The fourth-order valence-electron chi connectivity index (χ4n) is 11.2. The summed E-state index contributed by atoms with van der Waals surface area (Å²) in [7, 11) is 1.25. The second-order valence-corrected chi connectivity index (χ2v) is 27.7. The predicted molar refractivity (Wildman–Crippen MR) is 358 cm³/mol. The zero-order valence-electron chi connectivity index (χ0n) is 55.7. The number of rotatable bonds is 68. The third kappa shape index (κ3) is 66.2. The first-order valence-electron chi connectivity index (χ1n) is 36.4. The summed E-state index contributed by atoms with van der Waals surface area (Å²) < 4.78 is 23.4. The van der Waals surface area contributed by atoms with Gasteiger partial charge in [-0.15, -0.1) is 0 Å². The molecule has 9 heteroatoms. The second kappa shape index (κ2) is 64.2. The number of phosphoric acid groups is 1. The van der Waals surface area contributed by atoms with Crippen LogP contribution in [0.2, 0.25) is 0 Å². The minimum Gasteiger partial charge on any atom is -0.756 e. The van der Waals surface area contributed by atoms with Crippen molar-refractivity contribution in [3.8, 4) is 0 Å². The number of hydrogen-bond acceptors (Lipinski definition) is 6. The van der Waals surface area contributed by atoms with E-state index in [0.29, 0.717) is 17.4 Å². The molecule has 0 rings (SSSR count). The van der Waals surface area contributed by atoms with Gasteiger partial charge in [-0.05, 0) is 44.9 Å². The van der Waals surface area contributed by atoms with Crippen molar-refractivity contribution >= 4 is 13.7 Å². The third-order valence-corrected chi connectivity index (χ3v) is 17.8. The van der Waals surface area contributed by atoms with Crippen molar-refractivity contribution in [1.82, 2.24) is 5.32 Å². The van der Waals surface area contributed by atoms with Crippen LogP contribution >= 0.6 is 7.82 Å². The number of phosphoric ester groups is 1. The van der Waals surface area contributed by atoms with Gasteiger partial charge in [0.25, 0.3) is 7.82 Å². The van der Waals surface area contributed by atoms with E-state index in [4.69, 9.17) is 9.05 Å². The first-order valence-corrected chi connectivity index (χ1v) is 37.8. The molecule has 3 unspecified atom stereocenters. The monoisotopic (exact) mass is 1180 g/mol. The predicted octanol–water partition coefficient (Wildman–Crippen LogP) is 22.6. The van der Waals surface area contributed by atoms with Crippen molar-refractivity contribution in [2.24, 2.45) is 0 Å². The molecule has 0 aliphatic carbocycles. The molecule has 0 aliphatic heterocycles. The normalized spacial score (nSPS) is 13.8. The van der Waals surface area contributed by atoms with Gasteiger partial charge in [-0.25, -0.2) is 0 Å². The highest BCUT2D eigenvalue weighted by Crippen LogP contribution is 2.38. The Labute approximate surface area is 512 Å². The van der Waals surface area contributed by atoms with Gasteiger partial charge in [0.1, 0.15) is 13.2 Å². The lowest BCUT2D eigenvalue weighted by molar-refractivity contribution is -0.870. The number of aliphatic hydroxyl groups is 1. The fourth-order valence-corrected chi connectivity index (χ4v) is 11.9. The second-order valence-electron chi connectivity index (χ2n) is 26.3. The van der Waals surface area contributed by atoms with E-state index in [1.807, 2.05) is 27.2 Å². The van der Waals surface area contributed by atoms with E-state index in [0.717, 1.165) is 44.9 Å². The number of amides is 1. The molecule has 0 aromatic rings. The van der Waals surface area contributed by atoms with E-state index in [1.165, 1.54) is 308 Å². The van der Waals surface area contributed by atoms with Crippen LogP contribution in [-0.4, -0.2) is 68.5 Å². The van der Waals surface area contributed by atoms with Crippen molar-refractivity contribution in [1.29, 1.82) is 0 Å². The van der Waals surface area contributed by atoms with Crippen LogP contribution < -0.4 is 10.2 Å². The van der Waals surface area contributed by atoms with Crippen LogP contribution in [0.5, 0.6) is 0 Å². The maximum Gasteiger partial charge on any atom is 0.268 e. The molecule has 0 fully saturated rings. The van der Waals surface area contributed by atoms with Crippen LogP contribution in [0.1, 0.15) is 373 Å². The Balaban J connectivity index is 3.90. The number of carbonyl (C=O) groups is 1. The summed E-state index contributed by atoms with van der Waals surface area (Å²) >= 11 is 0. The molecule has 0 bridgehead atoms. The van der Waals surface area contributed by atoms with Crippen molar-refractivity contribution < 1.29 is 32.9 Å². The minimum atomic E-state index is -4.61. The van der Waals surface area contributed by atoms with Gasteiger partial charge in [-0.3, -0.25) is 9.36 Å². The number of nitrogens with one attached hydrogen (secondary N) is 1. The molecule has 0 aliphatic rings. The van der Waals surface area contributed by atoms with E-state index in [9.17, 15) is 19.4 Å². The number of hydrogen-bond donors (Lipinski definition) is 2. The molecular weight excluding hydrogens is 1030 g/mol. The SMILES string of the molecule is CCCCCCCCCCC/C=C/CC/C=C/CC/C=C/C(O)C(COP(=O)([O-])OCC[N+](C)(C)C)NC(=O)CCCCCCCCCCCCCCCCCCCCCCCCCCCCCCCCCCCCCCCCCCC. The van der Waals surface area contributed by atoms with Crippen LogP contribution in [-0.2, 0) is 18.4 Å². The smallest absolute Gasteiger partial charge is 0.268 e. The molecule has 3 atom stereocenters. The van der Waals surface area contributed by atoms with Crippen molar-refractivity contribution in [2.75, 3.05) is 40.9 Å². The number of likely N-dealkylation sites (N-methyl/N-ethyl adjacent to an activating group) is 1. The van der Waals surface area contributed by atoms with E-state index in [1.54, 1.807) is 6.08 Å². The van der Waals surface area contributed by atoms with Gasteiger partial charge in [-0.1, -0.05) is 359 Å². The van der Waals surface area contributed by atoms with Gasteiger partial charge in [0.2, 0.25) is 5.91 Å². The number of carbonyl (C=O) groups excluding carboxylic acids is 1. The molecule has 0 heterocycles. The number of nitrogens with zero attached hydrogens (tertiary/aromatic N) is 1. The highest BCUT2D eigenvalue weighted by molar-refractivity contribution is 7.45. The maximum atomic E-state index is 13.0. The summed E-state index contributed by atoms with van der Waals surface area (Å²) in [5.74, 6) is -0.204. The van der Waals surface area contributed by atoms with Crippen LogP contribution in [0.25, 0.3) is 0 Å². The Morgan fingerprint density at radius 1 is 0.415 bits per heavy atom. The van der Waals surface area contributed by atoms with Crippen molar-refractivity contribution in [2.45, 2.75) is 386 Å². The molecule has 8 nitrogen and oxygen atoms in total. The van der Waals surface area contributed by atoms with Gasteiger partial charge in [0.15, 0.2) is 0 Å². The van der Waals surface area contributed by atoms with Gasteiger partial charge in [0, 0.05) is 6.42 Å². The Kier molecular flexibility index (Phi) is 63.2. The molecule has 0 aromatic carbocycles. The third-order valence-electron chi connectivity index (χ3n) is 16.8. The highest BCUT2D eigenvalue weighted by Gasteiger charge is 2.23. The molecule has 0 saturated carbocycles. The fraction of sp³-hybridized carbons (Fsp3) is 0.904. The van der Waals surface area contributed by atoms with Gasteiger partial charge >= 0.3 is 0 Å². The summed E-state index contributed by atoms with van der Waals surface area (Å²) in [5.41, 5.74) is 0. The molecule has 0 radical (unpaired) electrons. The summed E-state index contributed by atoms with van der Waals surface area (Å²) in [4.78, 5) is 25.6. The largest absolute Gasteiger partial charge is 0.756 e. The quantitative estimate of drug-likeness (QED) is 0.0272. The van der Waals surface area contributed by atoms with Crippen LogP contribution in [0.15, 0.2) is 36.5 Å². The first-order chi connectivity index (χ1) is 40.0. The molecule has 486 valence electrons. The van der Waals surface area contributed by atoms with E-state index in [2.05, 4.69) is 43.5 Å². The van der Waals surface area contributed by atoms with Gasteiger partial charge in [0.05, 0.1) is 39.9 Å². The number of allylic oxidation sites excluding steroid dienone is 5. The lowest BCUT2D eigenvalue weighted by atomic mass is 10.0. The Morgan fingerprint density at radius 3 is 0.988 bits per heavy atom. The lowest BCUT2D eigenvalue weighted by Gasteiger charge is -2.29. The Morgan fingerprint density at radius 2 is 0.683 bits per heavy atom. The molecule has 1 amide bonds. The number of quaternary nitrogens is 1. The summed E-state index contributed by atoms with van der Waals surface area (Å²) in [5, 5.41) is 13.9. The lowest BCUT2D eigenvalue weighted by Crippen LogP contribution is -2.45. The zero-order chi connectivity index (χ0) is 59.8. The van der Waals surface area contributed by atoms with Gasteiger partial charge in [-0.2, -0.15) is 0 Å². The Hall–Kier alpha value is -1.28. The van der Waals surface area contributed by atoms with E-state index < -0.39 is 26.6 Å². The molecule has 82 heavy (non-hydrogen) atoms. The summed E-state index contributed by atoms with van der Waals surface area (Å²) in [6.45, 7) is 4.67.